The van der Waals surface area contributed by atoms with Crippen molar-refractivity contribution in [1.82, 2.24) is 5.32 Å². The summed E-state index contributed by atoms with van der Waals surface area (Å²) in [5.74, 6) is -1.05. The third-order valence-electron chi connectivity index (χ3n) is 4.93. The van der Waals surface area contributed by atoms with Gasteiger partial charge in [-0.15, -0.1) is 0 Å². The van der Waals surface area contributed by atoms with Crippen molar-refractivity contribution < 1.29 is 14.0 Å². The minimum Gasteiger partial charge on any atom is -0.451 e. The van der Waals surface area contributed by atoms with Crippen LogP contribution in [-0.2, 0) is 4.79 Å². The summed E-state index contributed by atoms with van der Waals surface area (Å²) in [4.78, 5) is 40.9. The highest BCUT2D eigenvalue weighted by Gasteiger charge is 2.32. The smallest absolute Gasteiger partial charge is 0.313 e. The van der Waals surface area contributed by atoms with Gasteiger partial charge in [0.1, 0.15) is 5.58 Å². The van der Waals surface area contributed by atoms with E-state index in [1.165, 1.54) is 0 Å². The van der Waals surface area contributed by atoms with E-state index in [2.05, 4.69) is 31.1 Å². The molecule has 2 aromatic rings. The molecule has 4 rings (SSSR count). The van der Waals surface area contributed by atoms with Gasteiger partial charge >= 0.3 is 5.91 Å². The first-order chi connectivity index (χ1) is 13.7. The molecular formula is C23H20N2O4. The fourth-order valence-electron chi connectivity index (χ4n) is 3.52. The lowest BCUT2D eigenvalue weighted by molar-refractivity contribution is -0.116. The molecule has 0 saturated heterocycles. The lowest BCUT2D eigenvalue weighted by atomic mass is 9.74. The van der Waals surface area contributed by atoms with E-state index in [0.717, 1.165) is 11.6 Å². The monoisotopic (exact) mass is 388 g/mol. The van der Waals surface area contributed by atoms with E-state index in [0.29, 0.717) is 22.4 Å². The van der Waals surface area contributed by atoms with Gasteiger partial charge in [0.2, 0.25) is 5.91 Å². The molecule has 1 aliphatic heterocycles. The molecule has 1 aromatic heterocycles. The fraction of sp³-hybridized carbons (Fsp3) is 0.217. The first-order valence-corrected chi connectivity index (χ1v) is 9.31. The van der Waals surface area contributed by atoms with Crippen molar-refractivity contribution in [1.29, 1.82) is 0 Å². The van der Waals surface area contributed by atoms with Gasteiger partial charge in [-0.3, -0.25) is 14.4 Å². The van der Waals surface area contributed by atoms with Gasteiger partial charge in [0.15, 0.2) is 11.2 Å². The molecule has 1 aromatic carbocycles. The predicted molar refractivity (Wildman–Crippen MR) is 111 cm³/mol. The van der Waals surface area contributed by atoms with Gasteiger partial charge in [-0.25, -0.2) is 4.99 Å². The average molecular weight is 388 g/mol. The van der Waals surface area contributed by atoms with Crippen molar-refractivity contribution in [2.45, 2.75) is 20.8 Å². The Kier molecular flexibility index (Phi) is 4.42. The number of carbonyl (C=O) groups is 2. The lowest BCUT2D eigenvalue weighted by Crippen LogP contribution is -2.36. The van der Waals surface area contributed by atoms with E-state index >= 15 is 0 Å². The molecule has 6 nitrogen and oxygen atoms in total. The third kappa shape index (κ3) is 3.61. The summed E-state index contributed by atoms with van der Waals surface area (Å²) in [5.41, 5.74) is 1.91. The number of benzene rings is 1. The van der Waals surface area contributed by atoms with E-state index in [1.807, 2.05) is 6.08 Å². The number of rotatable bonds is 1. The van der Waals surface area contributed by atoms with Crippen molar-refractivity contribution in [3.8, 4) is 0 Å². The number of aliphatic imine (C=N–C) groups is 1. The van der Waals surface area contributed by atoms with Gasteiger partial charge < -0.3 is 9.73 Å². The van der Waals surface area contributed by atoms with Crippen LogP contribution < -0.4 is 10.7 Å². The first kappa shape index (κ1) is 18.8. The van der Waals surface area contributed by atoms with Crippen LogP contribution in [0, 0.1) is 11.3 Å². The van der Waals surface area contributed by atoms with Gasteiger partial charge in [-0.2, -0.15) is 0 Å². The standard InChI is InChI=1S/C23H20N2O4/c1-23(2,3)16-11-21(27)25-17-10-13(8-9-14(16)17)24-22(28)20-12-18(26)15-6-4-5-7-19(15)29-20/h4-12,14H,1-3H3,(H,25,27). The van der Waals surface area contributed by atoms with Crippen LogP contribution in [0.4, 0.5) is 0 Å². The first-order valence-electron chi connectivity index (χ1n) is 9.31. The van der Waals surface area contributed by atoms with Crippen LogP contribution >= 0.6 is 0 Å². The van der Waals surface area contributed by atoms with Gasteiger partial charge in [0.25, 0.3) is 0 Å². The Balaban J connectivity index is 1.67. The van der Waals surface area contributed by atoms with Gasteiger partial charge in [0, 0.05) is 23.8 Å². The molecule has 1 aliphatic carbocycles. The number of nitrogens with one attached hydrogen (secondary N) is 1. The van der Waals surface area contributed by atoms with Crippen LogP contribution in [0.15, 0.2) is 80.1 Å². The molecule has 1 atom stereocenters. The Morgan fingerprint density at radius 3 is 2.66 bits per heavy atom. The summed E-state index contributed by atoms with van der Waals surface area (Å²) in [7, 11) is 0. The van der Waals surface area contributed by atoms with Crippen LogP contribution in [-0.4, -0.2) is 17.5 Å². The summed E-state index contributed by atoms with van der Waals surface area (Å²) in [5, 5.41) is 3.23. The lowest BCUT2D eigenvalue weighted by Gasteiger charge is -2.34. The molecule has 6 heteroatoms. The average Bonchev–Trinajstić information content (AvgIpc) is 2.66. The van der Waals surface area contributed by atoms with E-state index in [1.54, 1.807) is 42.5 Å². The number of allylic oxidation sites excluding steroid dienone is 3. The highest BCUT2D eigenvalue weighted by atomic mass is 16.3. The van der Waals surface area contributed by atoms with Crippen molar-refractivity contribution in [3.05, 3.63) is 81.9 Å². The second-order valence-electron chi connectivity index (χ2n) is 8.09. The molecule has 1 unspecified atom stereocenters. The molecule has 0 spiro atoms. The van der Waals surface area contributed by atoms with Gasteiger partial charge in [-0.1, -0.05) is 39.0 Å². The van der Waals surface area contributed by atoms with Crippen molar-refractivity contribution >= 4 is 28.5 Å². The van der Waals surface area contributed by atoms with Crippen LogP contribution in [0.1, 0.15) is 31.3 Å². The zero-order chi connectivity index (χ0) is 20.8. The van der Waals surface area contributed by atoms with Crippen LogP contribution in [0.5, 0.6) is 0 Å². The maximum absolute atomic E-state index is 12.6. The molecule has 146 valence electrons. The fourth-order valence-corrected chi connectivity index (χ4v) is 3.52. The molecule has 29 heavy (non-hydrogen) atoms. The van der Waals surface area contributed by atoms with Crippen molar-refractivity contribution in [2.75, 3.05) is 0 Å². The summed E-state index contributed by atoms with van der Waals surface area (Å²) >= 11 is 0. The number of hydrogen-bond donors (Lipinski definition) is 1. The number of hydrogen-bond acceptors (Lipinski definition) is 4. The molecule has 0 bridgehead atoms. The molecule has 0 radical (unpaired) electrons. The molecule has 0 saturated carbocycles. The summed E-state index contributed by atoms with van der Waals surface area (Å²) in [6.07, 6.45) is 6.96. The maximum Gasteiger partial charge on any atom is 0.313 e. The van der Waals surface area contributed by atoms with E-state index in [9.17, 15) is 14.4 Å². The number of amides is 2. The maximum atomic E-state index is 12.6. The van der Waals surface area contributed by atoms with E-state index in [-0.39, 0.29) is 28.4 Å². The quantitative estimate of drug-likeness (QED) is 0.809. The molecule has 1 N–H and O–H groups in total. The van der Waals surface area contributed by atoms with E-state index in [4.69, 9.17) is 4.42 Å². The molecular weight excluding hydrogens is 368 g/mol. The Labute approximate surface area is 167 Å². The molecule has 2 amide bonds. The predicted octanol–water partition coefficient (Wildman–Crippen LogP) is 3.55. The zero-order valence-electron chi connectivity index (χ0n) is 16.4. The molecule has 2 aliphatic rings. The van der Waals surface area contributed by atoms with Gasteiger partial charge in [-0.05, 0) is 35.3 Å². The topological polar surface area (TPSA) is 88.7 Å². The van der Waals surface area contributed by atoms with Crippen molar-refractivity contribution in [3.63, 3.8) is 0 Å². The summed E-state index contributed by atoms with van der Waals surface area (Å²) in [6, 6.07) is 7.88. The normalized spacial score (nSPS) is 20.2. The van der Waals surface area contributed by atoms with Gasteiger partial charge in [0.05, 0.1) is 11.1 Å². The van der Waals surface area contributed by atoms with Crippen LogP contribution in [0.3, 0.4) is 0 Å². The second kappa shape index (κ2) is 6.81. The Morgan fingerprint density at radius 1 is 1.14 bits per heavy atom. The second-order valence-corrected chi connectivity index (χ2v) is 8.09. The Morgan fingerprint density at radius 2 is 1.90 bits per heavy atom. The van der Waals surface area contributed by atoms with Crippen molar-refractivity contribution in [2.24, 2.45) is 16.3 Å². The minimum absolute atomic E-state index is 0.0691. The van der Waals surface area contributed by atoms with E-state index < -0.39 is 5.91 Å². The van der Waals surface area contributed by atoms with Crippen LogP contribution in [0.2, 0.25) is 0 Å². The number of fused-ring (bicyclic) bond motifs is 2. The molecule has 2 heterocycles. The SMILES string of the molecule is CC(C)(C)C1=CC(=O)NC2=CC(=NC(=O)c3cc(=O)c4ccccc4o3)C=CC21. The Bertz CT molecular complexity index is 1220. The highest BCUT2D eigenvalue weighted by Crippen LogP contribution is 2.38. The number of para-hydroxylation sites is 1. The minimum atomic E-state index is -0.656. The zero-order valence-corrected chi connectivity index (χ0v) is 16.4. The Hall–Kier alpha value is -3.54. The van der Waals surface area contributed by atoms with Crippen LogP contribution in [0.25, 0.3) is 11.0 Å². The third-order valence-corrected chi connectivity index (χ3v) is 4.93. The summed E-state index contributed by atoms with van der Waals surface area (Å²) < 4.78 is 5.55. The summed E-state index contributed by atoms with van der Waals surface area (Å²) in [6.45, 7) is 6.16. The largest absolute Gasteiger partial charge is 0.451 e. The highest BCUT2D eigenvalue weighted by molar-refractivity contribution is 6.13. The molecule has 0 fully saturated rings. The number of carbonyl (C=O) groups excluding carboxylic acids is 2. The number of nitrogens with zero attached hydrogens (tertiary/aromatic N) is 1.